The van der Waals surface area contributed by atoms with Gasteiger partial charge in [-0.15, -0.1) is 0 Å². The lowest BCUT2D eigenvalue weighted by molar-refractivity contribution is 0.0772. The summed E-state index contributed by atoms with van der Waals surface area (Å²) in [6, 6.07) is 9.36. The molecule has 1 aliphatic rings. The summed E-state index contributed by atoms with van der Waals surface area (Å²) in [7, 11) is 1.56. The molecule has 164 valence electrons. The zero-order chi connectivity index (χ0) is 22.1. The minimum Gasteiger partial charge on any atom is -0.446 e. The minimum absolute atomic E-state index is 0.00354. The van der Waals surface area contributed by atoms with Crippen molar-refractivity contribution in [3.63, 3.8) is 0 Å². The second-order valence-corrected chi connectivity index (χ2v) is 8.89. The number of hydrogen-bond donors (Lipinski definition) is 2. The van der Waals surface area contributed by atoms with Gasteiger partial charge in [-0.05, 0) is 55.5 Å². The van der Waals surface area contributed by atoms with Crippen molar-refractivity contribution in [1.82, 2.24) is 19.9 Å². The number of carbonyl (C=O) groups excluding carboxylic acids is 2. The number of urea groups is 1. The van der Waals surface area contributed by atoms with Gasteiger partial charge in [0.25, 0.3) is 0 Å². The van der Waals surface area contributed by atoms with Crippen LogP contribution in [0.25, 0.3) is 32.4 Å². The molecule has 0 unspecified atom stereocenters. The van der Waals surface area contributed by atoms with Crippen LogP contribution < -0.4 is 10.6 Å². The number of pyridine rings is 1. The molecule has 0 spiro atoms. The van der Waals surface area contributed by atoms with Gasteiger partial charge < -0.3 is 10.1 Å². The summed E-state index contributed by atoms with van der Waals surface area (Å²) in [5, 5.41) is 5.75. The van der Waals surface area contributed by atoms with E-state index in [2.05, 4.69) is 20.6 Å². The minimum atomic E-state index is -0.353. The Bertz CT molecular complexity index is 1310. The molecule has 2 N–H and O–H groups in total. The number of anilines is 1. The standard InChI is InChI=1S/C23H23N5O3S/c1-24-21(29)27-22-26-18-8-7-14(12-20(18)32-22)15-11-19-17(25-13-15)9-10-28(19)23(30)31-16-5-3-2-4-6-16/h7-13,16H,2-6H2,1H3,(H2,24,26,27,29). The first-order chi connectivity index (χ1) is 15.6. The quantitative estimate of drug-likeness (QED) is 0.437. The van der Waals surface area contributed by atoms with Crippen molar-refractivity contribution < 1.29 is 14.3 Å². The summed E-state index contributed by atoms with van der Waals surface area (Å²) in [6.07, 6.45) is 8.44. The van der Waals surface area contributed by atoms with Gasteiger partial charge in [-0.1, -0.05) is 23.8 Å². The van der Waals surface area contributed by atoms with Gasteiger partial charge in [0.2, 0.25) is 0 Å². The summed E-state index contributed by atoms with van der Waals surface area (Å²) in [4.78, 5) is 33.3. The molecular formula is C23H23N5O3S. The fourth-order valence-corrected chi connectivity index (χ4v) is 4.93. The van der Waals surface area contributed by atoms with E-state index in [9.17, 15) is 9.59 Å². The fraction of sp³-hybridized carbons (Fsp3) is 0.304. The number of fused-ring (bicyclic) bond motifs is 2. The smallest absolute Gasteiger partial charge is 0.418 e. The van der Waals surface area contributed by atoms with Crippen molar-refractivity contribution in [2.24, 2.45) is 0 Å². The van der Waals surface area contributed by atoms with E-state index in [-0.39, 0.29) is 18.2 Å². The van der Waals surface area contributed by atoms with Crippen molar-refractivity contribution in [2.45, 2.75) is 38.2 Å². The maximum Gasteiger partial charge on any atom is 0.418 e. The van der Waals surface area contributed by atoms with Gasteiger partial charge in [0.15, 0.2) is 5.13 Å². The largest absolute Gasteiger partial charge is 0.446 e. The van der Waals surface area contributed by atoms with E-state index in [1.807, 2.05) is 30.3 Å². The van der Waals surface area contributed by atoms with E-state index in [1.54, 1.807) is 19.4 Å². The summed E-state index contributed by atoms with van der Waals surface area (Å²) in [5.41, 5.74) is 4.10. The van der Waals surface area contributed by atoms with Crippen molar-refractivity contribution >= 4 is 49.8 Å². The maximum absolute atomic E-state index is 12.8. The number of aromatic nitrogens is 3. The van der Waals surface area contributed by atoms with Crippen LogP contribution in [0, 0.1) is 0 Å². The number of ether oxygens (including phenoxy) is 1. The highest BCUT2D eigenvalue weighted by atomic mass is 32.1. The van der Waals surface area contributed by atoms with Gasteiger partial charge in [-0.3, -0.25) is 14.9 Å². The van der Waals surface area contributed by atoms with Gasteiger partial charge in [0.1, 0.15) is 6.10 Å². The topological polar surface area (TPSA) is 98.1 Å². The summed E-state index contributed by atoms with van der Waals surface area (Å²) >= 11 is 1.40. The van der Waals surface area contributed by atoms with Crippen molar-refractivity contribution in [3.8, 4) is 11.1 Å². The first-order valence-electron chi connectivity index (χ1n) is 10.7. The number of benzene rings is 1. The number of amides is 2. The van der Waals surface area contributed by atoms with E-state index in [1.165, 1.54) is 22.3 Å². The number of hydrogen-bond acceptors (Lipinski definition) is 6. The Hall–Kier alpha value is -3.46. The SMILES string of the molecule is CNC(=O)Nc1nc2ccc(-c3cnc4ccn(C(=O)OC5CCCCC5)c4c3)cc2s1. The number of thiazole rings is 1. The van der Waals surface area contributed by atoms with Gasteiger partial charge >= 0.3 is 12.1 Å². The number of rotatable bonds is 3. The molecule has 0 radical (unpaired) electrons. The Morgan fingerprint density at radius 2 is 1.94 bits per heavy atom. The Kier molecular flexibility index (Phi) is 5.48. The van der Waals surface area contributed by atoms with Gasteiger partial charge in [0.05, 0.1) is 21.3 Å². The highest BCUT2D eigenvalue weighted by molar-refractivity contribution is 7.22. The lowest BCUT2D eigenvalue weighted by Gasteiger charge is -2.21. The summed E-state index contributed by atoms with van der Waals surface area (Å²) < 4.78 is 8.22. The van der Waals surface area contributed by atoms with Crippen molar-refractivity contribution in [3.05, 3.63) is 42.7 Å². The molecular weight excluding hydrogens is 426 g/mol. The maximum atomic E-state index is 12.8. The summed E-state index contributed by atoms with van der Waals surface area (Å²) in [5.74, 6) is 0. The zero-order valence-electron chi connectivity index (χ0n) is 17.6. The van der Waals surface area contributed by atoms with Crippen LogP contribution in [0.15, 0.2) is 42.7 Å². The Labute approximate surface area is 188 Å². The molecule has 3 heterocycles. The van der Waals surface area contributed by atoms with Crippen LogP contribution in [0.2, 0.25) is 0 Å². The molecule has 1 fully saturated rings. The highest BCUT2D eigenvalue weighted by Gasteiger charge is 2.20. The molecule has 9 heteroatoms. The van der Waals surface area contributed by atoms with Crippen LogP contribution in [0.5, 0.6) is 0 Å². The summed E-state index contributed by atoms with van der Waals surface area (Å²) in [6.45, 7) is 0. The van der Waals surface area contributed by atoms with Gasteiger partial charge in [0, 0.05) is 25.0 Å². The fourth-order valence-electron chi connectivity index (χ4n) is 4.03. The molecule has 1 aliphatic carbocycles. The molecule has 1 saturated carbocycles. The molecule has 0 aliphatic heterocycles. The van der Waals surface area contributed by atoms with E-state index in [0.717, 1.165) is 58.1 Å². The Balaban J connectivity index is 1.43. The Morgan fingerprint density at radius 3 is 2.75 bits per heavy atom. The molecule has 32 heavy (non-hydrogen) atoms. The van der Waals surface area contributed by atoms with Crippen LogP contribution >= 0.6 is 11.3 Å². The third kappa shape index (κ3) is 4.03. The van der Waals surface area contributed by atoms with Crippen LogP contribution in [0.1, 0.15) is 32.1 Å². The molecule has 2 amide bonds. The van der Waals surface area contributed by atoms with Gasteiger partial charge in [-0.2, -0.15) is 0 Å². The first kappa shape index (κ1) is 20.4. The molecule has 3 aromatic heterocycles. The van der Waals surface area contributed by atoms with Crippen molar-refractivity contribution in [1.29, 1.82) is 0 Å². The number of carbonyl (C=O) groups is 2. The molecule has 0 atom stereocenters. The molecule has 0 bridgehead atoms. The van der Waals surface area contributed by atoms with Gasteiger partial charge in [-0.25, -0.2) is 14.6 Å². The van der Waals surface area contributed by atoms with Crippen LogP contribution in [0.3, 0.4) is 0 Å². The Morgan fingerprint density at radius 1 is 1.09 bits per heavy atom. The lowest BCUT2D eigenvalue weighted by atomic mass is 9.98. The van der Waals surface area contributed by atoms with Crippen LogP contribution in [-0.4, -0.2) is 39.8 Å². The number of nitrogens with zero attached hydrogens (tertiary/aromatic N) is 3. The third-order valence-corrected chi connectivity index (χ3v) is 6.66. The third-order valence-electron chi connectivity index (χ3n) is 5.72. The normalized spacial score (nSPS) is 14.5. The number of nitrogens with one attached hydrogen (secondary N) is 2. The zero-order valence-corrected chi connectivity index (χ0v) is 18.4. The van der Waals surface area contributed by atoms with Crippen molar-refractivity contribution in [2.75, 3.05) is 12.4 Å². The van der Waals surface area contributed by atoms with Crippen LogP contribution in [0.4, 0.5) is 14.7 Å². The predicted octanol–water partition coefficient (Wildman–Crippen LogP) is 5.38. The molecule has 0 saturated heterocycles. The lowest BCUT2D eigenvalue weighted by Crippen LogP contribution is -2.24. The van der Waals surface area contributed by atoms with E-state index >= 15 is 0 Å². The van der Waals surface area contributed by atoms with E-state index < -0.39 is 0 Å². The average Bonchev–Trinajstić information content (AvgIpc) is 3.42. The highest BCUT2D eigenvalue weighted by Crippen LogP contribution is 2.31. The predicted molar refractivity (Wildman–Crippen MR) is 125 cm³/mol. The monoisotopic (exact) mass is 449 g/mol. The second-order valence-electron chi connectivity index (χ2n) is 7.86. The van der Waals surface area contributed by atoms with E-state index in [4.69, 9.17) is 4.74 Å². The molecule has 5 rings (SSSR count). The molecule has 4 aromatic rings. The molecule has 8 nitrogen and oxygen atoms in total. The first-order valence-corrected chi connectivity index (χ1v) is 11.5. The van der Waals surface area contributed by atoms with Crippen LogP contribution in [-0.2, 0) is 4.74 Å². The second kappa shape index (κ2) is 8.58. The molecule has 1 aromatic carbocycles. The average molecular weight is 450 g/mol. The van der Waals surface area contributed by atoms with E-state index in [0.29, 0.717) is 5.13 Å².